The lowest BCUT2D eigenvalue weighted by molar-refractivity contribution is -0.275. The summed E-state index contributed by atoms with van der Waals surface area (Å²) >= 11 is 0. The highest BCUT2D eigenvalue weighted by atomic mass is 19.4. The summed E-state index contributed by atoms with van der Waals surface area (Å²) in [5, 5.41) is 0. The van der Waals surface area contributed by atoms with E-state index in [-0.39, 0.29) is 0 Å². The van der Waals surface area contributed by atoms with E-state index in [0.717, 1.165) is 31.7 Å². The zero-order valence-electron chi connectivity index (χ0n) is 11.9. The van der Waals surface area contributed by atoms with Crippen LogP contribution in [0.15, 0.2) is 17.7 Å². The third kappa shape index (κ3) is 4.22. The van der Waals surface area contributed by atoms with E-state index in [1.165, 1.54) is 11.6 Å². The molecule has 0 saturated carbocycles. The molecule has 0 atom stereocenters. The van der Waals surface area contributed by atoms with Crippen molar-refractivity contribution in [1.29, 1.82) is 0 Å². The van der Waals surface area contributed by atoms with Crippen LogP contribution in [0.3, 0.4) is 0 Å². The molecule has 0 N–H and O–H groups in total. The Hall–Kier alpha value is -1.52. The van der Waals surface area contributed by atoms with Gasteiger partial charge in [-0.15, -0.1) is 13.2 Å². The van der Waals surface area contributed by atoms with Gasteiger partial charge >= 0.3 is 6.36 Å². The molecule has 1 aliphatic rings. The number of allylic oxidation sites excluding steroid dienone is 1. The van der Waals surface area contributed by atoms with E-state index in [2.05, 4.69) is 11.7 Å². The second-order valence-corrected chi connectivity index (χ2v) is 5.25. The Balaban J connectivity index is 2.17. The maximum absolute atomic E-state index is 14.1. The van der Waals surface area contributed by atoms with Gasteiger partial charge in [-0.25, -0.2) is 4.39 Å². The molecule has 1 aromatic rings. The third-order valence-corrected chi connectivity index (χ3v) is 3.63. The normalized spacial score (nSPS) is 14.6. The number of ether oxygens (including phenoxy) is 1. The molecule has 0 saturated heterocycles. The first kappa shape index (κ1) is 15.9. The number of hydrogen-bond donors (Lipinski definition) is 0. The number of unbranched alkanes of at least 4 members (excludes halogenated alkanes) is 2. The van der Waals surface area contributed by atoms with Crippen molar-refractivity contribution in [3.63, 3.8) is 0 Å². The minimum absolute atomic E-state index is 0.316. The quantitative estimate of drug-likeness (QED) is 0.505. The molecule has 1 nitrogen and oxygen atoms in total. The second-order valence-electron chi connectivity index (χ2n) is 5.25. The fraction of sp³-hybridized carbons (Fsp3) is 0.500. The molecule has 2 rings (SSSR count). The molecule has 0 aromatic heterocycles. The van der Waals surface area contributed by atoms with Crippen LogP contribution in [0.4, 0.5) is 17.6 Å². The molecule has 0 aliphatic heterocycles. The van der Waals surface area contributed by atoms with Gasteiger partial charge in [0.25, 0.3) is 0 Å². The number of rotatable bonds is 5. The fourth-order valence-electron chi connectivity index (χ4n) is 2.58. The molecule has 0 unspecified atom stereocenters. The topological polar surface area (TPSA) is 9.23 Å². The van der Waals surface area contributed by atoms with Crippen LogP contribution in [0.2, 0.25) is 0 Å². The number of hydrogen-bond acceptors (Lipinski definition) is 1. The fourth-order valence-corrected chi connectivity index (χ4v) is 2.58. The van der Waals surface area contributed by atoms with Crippen LogP contribution in [-0.2, 0) is 6.42 Å². The molecule has 5 heteroatoms. The van der Waals surface area contributed by atoms with Crippen LogP contribution in [0.1, 0.15) is 50.2 Å². The van der Waals surface area contributed by atoms with E-state index >= 15 is 0 Å². The smallest absolute Gasteiger partial charge is 0.403 e. The summed E-state index contributed by atoms with van der Waals surface area (Å²) in [6, 6.07) is 2.55. The van der Waals surface area contributed by atoms with Crippen LogP contribution >= 0.6 is 0 Å². The summed E-state index contributed by atoms with van der Waals surface area (Å²) in [5.41, 5.74) is 2.22. The monoisotopic (exact) mass is 302 g/mol. The maximum atomic E-state index is 14.1. The third-order valence-electron chi connectivity index (χ3n) is 3.63. The average Bonchev–Trinajstić information content (AvgIpc) is 2.41. The molecule has 1 aliphatic carbocycles. The number of benzene rings is 1. The Morgan fingerprint density at radius 2 is 1.90 bits per heavy atom. The first-order valence-corrected chi connectivity index (χ1v) is 7.17. The van der Waals surface area contributed by atoms with Crippen molar-refractivity contribution < 1.29 is 22.3 Å². The van der Waals surface area contributed by atoms with Gasteiger partial charge < -0.3 is 4.74 Å². The molecule has 0 bridgehead atoms. The van der Waals surface area contributed by atoms with Gasteiger partial charge in [0.15, 0.2) is 11.6 Å². The Labute approximate surface area is 121 Å². The molecule has 0 radical (unpaired) electrons. The lowest BCUT2D eigenvalue weighted by atomic mass is 9.89. The Morgan fingerprint density at radius 1 is 1.14 bits per heavy atom. The summed E-state index contributed by atoms with van der Waals surface area (Å²) < 4.78 is 54.3. The molecule has 0 fully saturated rings. The second kappa shape index (κ2) is 6.50. The molecule has 0 heterocycles. The van der Waals surface area contributed by atoms with Crippen LogP contribution in [-0.4, -0.2) is 6.36 Å². The zero-order valence-corrected chi connectivity index (χ0v) is 11.9. The molecule has 0 amide bonds. The Kier molecular flexibility index (Phi) is 4.91. The SMILES string of the molecule is CCCCCC1=Cc2ccc(OC(F)(F)F)c(F)c2CC1. The predicted octanol–water partition coefficient (Wildman–Crippen LogP) is 5.63. The maximum Gasteiger partial charge on any atom is 0.573 e. The van der Waals surface area contributed by atoms with E-state index in [1.807, 2.05) is 6.08 Å². The van der Waals surface area contributed by atoms with Crippen LogP contribution in [0.25, 0.3) is 6.08 Å². The molecule has 116 valence electrons. The lowest BCUT2D eigenvalue weighted by Crippen LogP contribution is -2.18. The first-order chi connectivity index (χ1) is 9.90. The Morgan fingerprint density at radius 3 is 2.57 bits per heavy atom. The van der Waals surface area contributed by atoms with Gasteiger partial charge in [0, 0.05) is 0 Å². The minimum atomic E-state index is -4.87. The highest BCUT2D eigenvalue weighted by molar-refractivity contribution is 5.61. The van der Waals surface area contributed by atoms with Crippen molar-refractivity contribution in [2.45, 2.75) is 51.8 Å². The number of alkyl halides is 3. The van der Waals surface area contributed by atoms with Crippen LogP contribution < -0.4 is 4.74 Å². The van der Waals surface area contributed by atoms with E-state index in [9.17, 15) is 17.6 Å². The lowest BCUT2D eigenvalue weighted by Gasteiger charge is -2.19. The van der Waals surface area contributed by atoms with Crippen LogP contribution in [0.5, 0.6) is 5.75 Å². The van der Waals surface area contributed by atoms with E-state index in [0.29, 0.717) is 24.0 Å². The average molecular weight is 302 g/mol. The standard InChI is InChI=1S/C16H18F4O/c1-2-3-4-5-11-6-8-13-12(10-11)7-9-14(15(13)17)21-16(18,19)20/h7,9-10H,2-6,8H2,1H3. The number of fused-ring (bicyclic) bond motifs is 1. The van der Waals surface area contributed by atoms with Crippen molar-refractivity contribution >= 4 is 6.08 Å². The van der Waals surface area contributed by atoms with E-state index in [4.69, 9.17) is 0 Å². The molecular weight excluding hydrogens is 284 g/mol. The van der Waals surface area contributed by atoms with Crippen LogP contribution in [0, 0.1) is 5.82 Å². The van der Waals surface area contributed by atoms with Crippen molar-refractivity contribution in [2.75, 3.05) is 0 Å². The predicted molar refractivity (Wildman–Crippen MR) is 73.5 cm³/mol. The van der Waals surface area contributed by atoms with Gasteiger partial charge in [-0.05, 0) is 42.9 Å². The highest BCUT2D eigenvalue weighted by Gasteiger charge is 2.33. The molecular formula is C16H18F4O. The van der Waals surface area contributed by atoms with Gasteiger partial charge in [-0.1, -0.05) is 37.5 Å². The zero-order chi connectivity index (χ0) is 15.5. The van der Waals surface area contributed by atoms with Gasteiger partial charge in [-0.3, -0.25) is 0 Å². The summed E-state index contributed by atoms with van der Waals surface area (Å²) in [6.45, 7) is 2.13. The molecule has 0 spiro atoms. The van der Waals surface area contributed by atoms with Gasteiger partial charge in [0.2, 0.25) is 0 Å². The first-order valence-electron chi connectivity index (χ1n) is 7.17. The van der Waals surface area contributed by atoms with Gasteiger partial charge in [0.1, 0.15) is 0 Å². The molecule has 21 heavy (non-hydrogen) atoms. The number of halogens is 4. The largest absolute Gasteiger partial charge is 0.573 e. The van der Waals surface area contributed by atoms with Crippen molar-refractivity contribution in [1.82, 2.24) is 0 Å². The van der Waals surface area contributed by atoms with Gasteiger partial charge in [0.05, 0.1) is 0 Å². The highest BCUT2D eigenvalue weighted by Crippen LogP contribution is 2.34. The van der Waals surface area contributed by atoms with Gasteiger partial charge in [-0.2, -0.15) is 0 Å². The van der Waals surface area contributed by atoms with Crippen molar-refractivity contribution in [3.8, 4) is 5.75 Å². The molecule has 1 aromatic carbocycles. The van der Waals surface area contributed by atoms with Crippen molar-refractivity contribution in [2.24, 2.45) is 0 Å². The Bertz CT molecular complexity index is 532. The van der Waals surface area contributed by atoms with Crippen molar-refractivity contribution in [3.05, 3.63) is 34.6 Å². The summed E-state index contributed by atoms with van der Waals surface area (Å²) in [7, 11) is 0. The van der Waals surface area contributed by atoms with E-state index < -0.39 is 17.9 Å². The summed E-state index contributed by atoms with van der Waals surface area (Å²) in [6.07, 6.45) is 2.50. The summed E-state index contributed by atoms with van der Waals surface area (Å²) in [4.78, 5) is 0. The van der Waals surface area contributed by atoms with E-state index in [1.54, 1.807) is 0 Å². The minimum Gasteiger partial charge on any atom is -0.403 e. The summed E-state index contributed by atoms with van der Waals surface area (Å²) in [5.74, 6) is -1.64.